The largest absolute Gasteiger partial charge is 0.478 e. The summed E-state index contributed by atoms with van der Waals surface area (Å²) in [5.41, 5.74) is 0.670. The summed E-state index contributed by atoms with van der Waals surface area (Å²) in [7, 11) is 1.28. The van der Waals surface area contributed by atoms with Crippen LogP contribution < -0.4 is 4.90 Å². The summed E-state index contributed by atoms with van der Waals surface area (Å²) in [5.74, 6) is -2.14. The number of halogens is 1. The van der Waals surface area contributed by atoms with Crippen molar-refractivity contribution in [1.82, 2.24) is 0 Å². The molecule has 20 heavy (non-hydrogen) atoms. The molecule has 0 spiro atoms. The molecule has 1 aromatic carbocycles. The number of carbonyl (C=O) groups excluding carboxylic acids is 2. The number of anilines is 1. The van der Waals surface area contributed by atoms with Crippen LogP contribution in [-0.2, 0) is 14.3 Å². The van der Waals surface area contributed by atoms with E-state index in [0.717, 1.165) is 0 Å². The molecule has 1 saturated heterocycles. The average molecular weight is 342 g/mol. The minimum Gasteiger partial charge on any atom is -0.478 e. The molecular weight excluding hydrogens is 330 g/mol. The summed E-state index contributed by atoms with van der Waals surface area (Å²) < 4.78 is 5.14. The third kappa shape index (κ3) is 2.67. The number of carbonyl (C=O) groups is 3. The molecule has 0 radical (unpaired) electrons. The second kappa shape index (κ2) is 5.62. The van der Waals surface area contributed by atoms with Crippen molar-refractivity contribution in [2.45, 2.75) is 6.42 Å². The number of amides is 1. The number of carboxylic acid groups (broad SMARTS) is 1. The Kier molecular flexibility index (Phi) is 4.08. The van der Waals surface area contributed by atoms with Gasteiger partial charge in [0.15, 0.2) is 0 Å². The van der Waals surface area contributed by atoms with Crippen molar-refractivity contribution in [3.8, 4) is 0 Å². The first-order valence-electron chi connectivity index (χ1n) is 5.85. The zero-order valence-corrected chi connectivity index (χ0v) is 12.2. The van der Waals surface area contributed by atoms with Crippen molar-refractivity contribution in [3.63, 3.8) is 0 Å². The molecule has 106 valence electrons. The Balaban J connectivity index is 2.26. The van der Waals surface area contributed by atoms with E-state index in [9.17, 15) is 14.4 Å². The Labute approximate surface area is 123 Å². The van der Waals surface area contributed by atoms with Crippen molar-refractivity contribution >= 4 is 39.5 Å². The number of hydrogen-bond acceptors (Lipinski definition) is 4. The summed E-state index contributed by atoms with van der Waals surface area (Å²) in [6, 6.07) is 4.39. The lowest BCUT2D eigenvalue weighted by Crippen LogP contribution is -2.26. The molecule has 1 aromatic rings. The van der Waals surface area contributed by atoms with E-state index < -0.39 is 17.9 Å². The van der Waals surface area contributed by atoms with Gasteiger partial charge in [-0.25, -0.2) is 4.79 Å². The summed E-state index contributed by atoms with van der Waals surface area (Å²) in [6.45, 7) is 0.233. The fraction of sp³-hybridized carbons (Fsp3) is 0.308. The summed E-state index contributed by atoms with van der Waals surface area (Å²) in [5, 5.41) is 8.90. The van der Waals surface area contributed by atoms with Gasteiger partial charge in [0.1, 0.15) is 0 Å². The fourth-order valence-corrected chi connectivity index (χ4v) is 2.72. The molecule has 0 aromatic heterocycles. The first-order valence-corrected chi connectivity index (χ1v) is 6.64. The van der Waals surface area contributed by atoms with Crippen LogP contribution >= 0.6 is 15.9 Å². The van der Waals surface area contributed by atoms with Crippen molar-refractivity contribution in [2.75, 3.05) is 18.6 Å². The number of aromatic carboxylic acids is 1. The number of ether oxygens (including phenoxy) is 1. The SMILES string of the molecule is COC(=O)C1CC(=O)N(c2ccc(C(=O)O)cc2Br)C1. The van der Waals surface area contributed by atoms with E-state index in [1.807, 2.05) is 0 Å². The molecule has 1 aliphatic heterocycles. The Morgan fingerprint density at radius 3 is 2.70 bits per heavy atom. The maximum absolute atomic E-state index is 12.0. The highest BCUT2D eigenvalue weighted by Crippen LogP contribution is 2.32. The van der Waals surface area contributed by atoms with Crippen LogP contribution in [0.1, 0.15) is 16.8 Å². The monoisotopic (exact) mass is 341 g/mol. The third-order valence-corrected chi connectivity index (χ3v) is 3.78. The topological polar surface area (TPSA) is 83.9 Å². The van der Waals surface area contributed by atoms with Gasteiger partial charge >= 0.3 is 11.9 Å². The van der Waals surface area contributed by atoms with Crippen molar-refractivity contribution in [1.29, 1.82) is 0 Å². The van der Waals surface area contributed by atoms with Gasteiger partial charge in [-0.05, 0) is 34.1 Å². The van der Waals surface area contributed by atoms with Gasteiger partial charge < -0.3 is 14.7 Å². The van der Waals surface area contributed by atoms with Crippen LogP contribution in [-0.4, -0.2) is 36.6 Å². The number of esters is 1. The van der Waals surface area contributed by atoms with E-state index in [1.165, 1.54) is 24.1 Å². The molecular formula is C13H12BrNO5. The number of nitrogens with zero attached hydrogens (tertiary/aromatic N) is 1. The first-order chi connectivity index (χ1) is 9.43. The van der Waals surface area contributed by atoms with E-state index in [1.54, 1.807) is 6.07 Å². The van der Waals surface area contributed by atoms with Gasteiger partial charge in [0, 0.05) is 17.4 Å². The van der Waals surface area contributed by atoms with E-state index >= 15 is 0 Å². The molecule has 1 fully saturated rings. The average Bonchev–Trinajstić information content (AvgIpc) is 2.79. The Morgan fingerprint density at radius 1 is 1.45 bits per heavy atom. The molecule has 1 N–H and O–H groups in total. The van der Waals surface area contributed by atoms with Gasteiger partial charge in [0.25, 0.3) is 0 Å². The summed E-state index contributed by atoms with van der Waals surface area (Å²) >= 11 is 3.25. The van der Waals surface area contributed by atoms with Crippen LogP contribution in [0.4, 0.5) is 5.69 Å². The minimum absolute atomic E-state index is 0.0970. The number of carboxylic acids is 1. The quantitative estimate of drug-likeness (QED) is 0.845. The third-order valence-electron chi connectivity index (χ3n) is 3.14. The molecule has 0 aliphatic carbocycles. The van der Waals surface area contributed by atoms with Crippen molar-refractivity contribution < 1.29 is 24.2 Å². The second-order valence-corrected chi connectivity index (χ2v) is 5.25. The van der Waals surface area contributed by atoms with Gasteiger partial charge in [-0.1, -0.05) is 0 Å². The van der Waals surface area contributed by atoms with Gasteiger partial charge in [-0.3, -0.25) is 9.59 Å². The first kappa shape index (κ1) is 14.5. The van der Waals surface area contributed by atoms with E-state index in [-0.39, 0.29) is 24.4 Å². The highest BCUT2D eigenvalue weighted by atomic mass is 79.9. The molecule has 0 bridgehead atoms. The normalized spacial score (nSPS) is 18.2. The van der Waals surface area contributed by atoms with Crippen LogP contribution in [0, 0.1) is 5.92 Å². The maximum Gasteiger partial charge on any atom is 0.335 e. The van der Waals surface area contributed by atoms with Gasteiger partial charge in [0.2, 0.25) is 5.91 Å². The van der Waals surface area contributed by atoms with Gasteiger partial charge in [-0.15, -0.1) is 0 Å². The Morgan fingerprint density at radius 2 is 2.15 bits per heavy atom. The Bertz CT molecular complexity index is 586. The van der Waals surface area contributed by atoms with Crippen LogP contribution in [0.25, 0.3) is 0 Å². The van der Waals surface area contributed by atoms with Crippen molar-refractivity contribution in [2.24, 2.45) is 5.92 Å². The fourth-order valence-electron chi connectivity index (χ4n) is 2.12. The minimum atomic E-state index is -1.04. The predicted octanol–water partition coefficient (Wildman–Crippen LogP) is 1.67. The van der Waals surface area contributed by atoms with Crippen molar-refractivity contribution in [3.05, 3.63) is 28.2 Å². The van der Waals surface area contributed by atoms with E-state index in [4.69, 9.17) is 5.11 Å². The molecule has 1 atom stereocenters. The lowest BCUT2D eigenvalue weighted by atomic mass is 10.1. The number of benzene rings is 1. The van der Waals surface area contributed by atoms with Crippen LogP contribution in [0.2, 0.25) is 0 Å². The zero-order chi connectivity index (χ0) is 14.9. The van der Waals surface area contributed by atoms with Gasteiger partial charge in [0.05, 0.1) is 24.3 Å². The van der Waals surface area contributed by atoms with Crippen LogP contribution in [0.15, 0.2) is 22.7 Å². The van der Waals surface area contributed by atoms with Crippen LogP contribution in [0.5, 0.6) is 0 Å². The summed E-state index contributed by atoms with van der Waals surface area (Å²) in [6.07, 6.45) is 0.0970. The maximum atomic E-state index is 12.0. The van der Waals surface area contributed by atoms with Crippen LogP contribution in [0.3, 0.4) is 0 Å². The Hall–Kier alpha value is -1.89. The number of hydrogen-bond donors (Lipinski definition) is 1. The lowest BCUT2D eigenvalue weighted by Gasteiger charge is -2.18. The summed E-state index contributed by atoms with van der Waals surface area (Å²) in [4.78, 5) is 35.8. The number of methoxy groups -OCH3 is 1. The van der Waals surface area contributed by atoms with Gasteiger partial charge in [-0.2, -0.15) is 0 Å². The molecule has 7 heteroatoms. The smallest absolute Gasteiger partial charge is 0.335 e. The molecule has 1 aliphatic rings. The molecule has 1 heterocycles. The zero-order valence-electron chi connectivity index (χ0n) is 10.6. The molecule has 0 saturated carbocycles. The van der Waals surface area contributed by atoms with E-state index in [0.29, 0.717) is 10.2 Å². The molecule has 1 unspecified atom stereocenters. The second-order valence-electron chi connectivity index (χ2n) is 4.40. The number of rotatable bonds is 3. The molecule has 1 amide bonds. The van der Waals surface area contributed by atoms with E-state index in [2.05, 4.69) is 20.7 Å². The highest BCUT2D eigenvalue weighted by molar-refractivity contribution is 9.10. The standard InChI is InChI=1S/C13H12BrNO5/c1-20-13(19)8-5-11(16)15(6-8)10-3-2-7(12(17)18)4-9(10)14/h2-4,8H,5-6H2,1H3,(H,17,18). The molecule has 6 nitrogen and oxygen atoms in total. The lowest BCUT2D eigenvalue weighted by molar-refractivity contribution is -0.145. The molecule has 2 rings (SSSR count). The highest BCUT2D eigenvalue weighted by Gasteiger charge is 2.36. The predicted molar refractivity (Wildman–Crippen MR) is 73.6 cm³/mol.